The van der Waals surface area contributed by atoms with E-state index in [0.717, 1.165) is 36.4 Å². The van der Waals surface area contributed by atoms with Gasteiger partial charge in [0.1, 0.15) is 10.6 Å². The third-order valence-corrected chi connectivity index (χ3v) is 6.95. The summed E-state index contributed by atoms with van der Waals surface area (Å²) in [6.45, 7) is 0. The van der Waals surface area contributed by atoms with E-state index in [4.69, 9.17) is 9.84 Å². The minimum atomic E-state index is -4.72. The van der Waals surface area contributed by atoms with Crippen LogP contribution in [0.25, 0.3) is 10.4 Å². The van der Waals surface area contributed by atoms with Crippen LogP contribution in [0.15, 0.2) is 53.4 Å². The molecule has 164 valence electrons. The van der Waals surface area contributed by atoms with Crippen molar-refractivity contribution in [2.45, 2.75) is 16.8 Å². The molecule has 0 spiro atoms. The topological polar surface area (TPSA) is 80.7 Å². The fraction of sp³-hybridized carbons (Fsp3) is 0.150. The van der Waals surface area contributed by atoms with Gasteiger partial charge in [0.25, 0.3) is 0 Å². The van der Waals surface area contributed by atoms with Gasteiger partial charge in [0.2, 0.25) is 0 Å². The van der Waals surface area contributed by atoms with Crippen molar-refractivity contribution in [2.75, 3.05) is 7.11 Å². The van der Waals surface area contributed by atoms with E-state index in [1.54, 1.807) is 0 Å². The van der Waals surface area contributed by atoms with Crippen molar-refractivity contribution >= 4 is 27.1 Å². The molecule has 0 fully saturated rings. The molecular weight excluding hydrogens is 460 g/mol. The molecule has 0 saturated carbocycles. The van der Waals surface area contributed by atoms with E-state index in [1.807, 2.05) is 0 Å². The molecule has 11 heteroatoms. The Labute approximate surface area is 178 Å². The standard InChI is InChI=1S/C20H14F4O5S2/c1-29-15-5-2-11(19(25)26)9-17(15)31(27,28)10-12-8-13(20(22,23)24)3-4-14(12)16-6-7-18(21)30-16/h2-9H,10H2,1H3,(H,25,26). The summed E-state index contributed by atoms with van der Waals surface area (Å²) in [5.41, 5.74) is -1.48. The number of thiophene rings is 1. The Hall–Kier alpha value is -2.92. The molecule has 0 unspecified atom stereocenters. The third kappa shape index (κ3) is 4.88. The van der Waals surface area contributed by atoms with Crippen molar-refractivity contribution in [1.29, 1.82) is 0 Å². The molecule has 2 aromatic carbocycles. The maximum Gasteiger partial charge on any atom is 0.416 e. The molecule has 0 aliphatic rings. The molecular formula is C20H14F4O5S2. The number of hydrogen-bond donors (Lipinski definition) is 1. The van der Waals surface area contributed by atoms with Gasteiger partial charge in [-0.15, -0.1) is 11.3 Å². The van der Waals surface area contributed by atoms with Gasteiger partial charge in [-0.2, -0.15) is 17.6 Å². The Bertz CT molecular complexity index is 1250. The van der Waals surface area contributed by atoms with Crippen LogP contribution in [0.1, 0.15) is 21.5 Å². The summed E-state index contributed by atoms with van der Waals surface area (Å²) >= 11 is 0.659. The monoisotopic (exact) mass is 474 g/mol. The Morgan fingerprint density at radius 3 is 2.35 bits per heavy atom. The van der Waals surface area contributed by atoms with Crippen LogP contribution < -0.4 is 4.74 Å². The maximum absolute atomic E-state index is 13.5. The molecule has 1 aromatic heterocycles. The molecule has 1 N–H and O–H groups in total. The molecule has 5 nitrogen and oxygen atoms in total. The summed E-state index contributed by atoms with van der Waals surface area (Å²) in [6.07, 6.45) is -4.72. The molecule has 0 amide bonds. The van der Waals surface area contributed by atoms with Gasteiger partial charge in [-0.05, 0) is 53.6 Å². The smallest absolute Gasteiger partial charge is 0.416 e. The quantitative estimate of drug-likeness (QED) is 0.494. The van der Waals surface area contributed by atoms with Crippen LogP contribution >= 0.6 is 11.3 Å². The van der Waals surface area contributed by atoms with Crippen molar-refractivity contribution in [1.82, 2.24) is 0 Å². The van der Waals surface area contributed by atoms with E-state index in [-0.39, 0.29) is 27.3 Å². The van der Waals surface area contributed by atoms with Crippen LogP contribution in [-0.4, -0.2) is 26.6 Å². The van der Waals surface area contributed by atoms with Gasteiger partial charge in [0.15, 0.2) is 15.0 Å². The second-order valence-electron chi connectivity index (χ2n) is 6.40. The first-order valence-electron chi connectivity index (χ1n) is 8.52. The number of hydrogen-bond acceptors (Lipinski definition) is 5. The predicted molar refractivity (Wildman–Crippen MR) is 106 cm³/mol. The van der Waals surface area contributed by atoms with Gasteiger partial charge in [-0.3, -0.25) is 0 Å². The number of alkyl halides is 3. The highest BCUT2D eigenvalue weighted by molar-refractivity contribution is 7.90. The minimum absolute atomic E-state index is 0.124. The van der Waals surface area contributed by atoms with E-state index in [9.17, 15) is 30.8 Å². The number of aromatic carboxylic acids is 1. The molecule has 31 heavy (non-hydrogen) atoms. The van der Waals surface area contributed by atoms with Crippen LogP contribution in [0.4, 0.5) is 17.6 Å². The lowest BCUT2D eigenvalue weighted by Crippen LogP contribution is -2.11. The van der Waals surface area contributed by atoms with Gasteiger partial charge in [0, 0.05) is 4.88 Å². The first kappa shape index (κ1) is 22.8. The van der Waals surface area contributed by atoms with Gasteiger partial charge in [-0.1, -0.05) is 6.07 Å². The maximum atomic E-state index is 13.5. The SMILES string of the molecule is COc1ccc(C(=O)O)cc1S(=O)(=O)Cc1cc(C(F)(F)F)ccc1-c1ccc(F)s1. The Morgan fingerprint density at radius 2 is 1.81 bits per heavy atom. The summed E-state index contributed by atoms with van der Waals surface area (Å²) < 4.78 is 84.3. The molecule has 0 aliphatic heterocycles. The number of ether oxygens (including phenoxy) is 1. The number of benzene rings is 2. The zero-order valence-electron chi connectivity index (χ0n) is 15.7. The first-order chi connectivity index (χ1) is 14.4. The fourth-order valence-electron chi connectivity index (χ4n) is 2.92. The molecule has 3 rings (SSSR count). The number of methoxy groups -OCH3 is 1. The van der Waals surface area contributed by atoms with Gasteiger partial charge in [0.05, 0.1) is 24.0 Å². The number of sulfone groups is 1. The number of halogens is 4. The molecule has 1 heterocycles. The molecule has 0 bridgehead atoms. The summed E-state index contributed by atoms with van der Waals surface area (Å²) in [5.74, 6) is -2.42. The minimum Gasteiger partial charge on any atom is -0.495 e. The Balaban J connectivity index is 2.16. The van der Waals surface area contributed by atoms with Crippen LogP contribution in [0.2, 0.25) is 0 Å². The highest BCUT2D eigenvalue weighted by Gasteiger charge is 2.32. The molecule has 3 aromatic rings. The van der Waals surface area contributed by atoms with Crippen LogP contribution in [0, 0.1) is 5.13 Å². The summed E-state index contributed by atoms with van der Waals surface area (Å²) in [5, 5.41) is 8.57. The molecule has 0 radical (unpaired) electrons. The van der Waals surface area contributed by atoms with Crippen LogP contribution in [-0.2, 0) is 21.8 Å². The van der Waals surface area contributed by atoms with Crippen molar-refractivity contribution < 1.29 is 40.6 Å². The zero-order valence-corrected chi connectivity index (χ0v) is 17.4. The van der Waals surface area contributed by atoms with Gasteiger partial charge < -0.3 is 9.84 Å². The lowest BCUT2D eigenvalue weighted by Gasteiger charge is -2.15. The number of rotatable bonds is 6. The average molecular weight is 474 g/mol. The van der Waals surface area contributed by atoms with E-state index < -0.39 is 43.3 Å². The van der Waals surface area contributed by atoms with Crippen LogP contribution in [0.5, 0.6) is 5.75 Å². The highest BCUT2D eigenvalue weighted by atomic mass is 32.2. The number of carboxylic acid groups (broad SMARTS) is 1. The molecule has 0 atom stereocenters. The lowest BCUT2D eigenvalue weighted by atomic mass is 10.0. The van der Waals surface area contributed by atoms with E-state index >= 15 is 0 Å². The molecule has 0 aliphatic carbocycles. The first-order valence-corrected chi connectivity index (χ1v) is 11.0. The summed E-state index contributed by atoms with van der Waals surface area (Å²) in [4.78, 5) is 11.0. The van der Waals surface area contributed by atoms with E-state index in [0.29, 0.717) is 17.4 Å². The second kappa shape index (κ2) is 8.31. The summed E-state index contributed by atoms with van der Waals surface area (Å²) in [7, 11) is -3.16. The predicted octanol–water partition coefficient (Wildman–Crippen LogP) is 5.25. The van der Waals surface area contributed by atoms with Crippen molar-refractivity contribution in [3.05, 3.63) is 70.4 Å². The van der Waals surface area contributed by atoms with Crippen molar-refractivity contribution in [3.63, 3.8) is 0 Å². The van der Waals surface area contributed by atoms with Crippen molar-refractivity contribution in [2.24, 2.45) is 0 Å². The second-order valence-corrected chi connectivity index (χ2v) is 9.40. The summed E-state index contributed by atoms with van der Waals surface area (Å²) in [6, 6.07) is 8.20. The fourth-order valence-corrected chi connectivity index (χ4v) is 5.28. The number of carbonyl (C=O) groups is 1. The third-order valence-electron chi connectivity index (χ3n) is 4.36. The average Bonchev–Trinajstić information content (AvgIpc) is 3.12. The largest absolute Gasteiger partial charge is 0.495 e. The van der Waals surface area contributed by atoms with Gasteiger partial charge in [-0.25, -0.2) is 13.2 Å². The van der Waals surface area contributed by atoms with Gasteiger partial charge >= 0.3 is 12.1 Å². The van der Waals surface area contributed by atoms with E-state index in [1.165, 1.54) is 13.2 Å². The highest BCUT2D eigenvalue weighted by Crippen LogP contribution is 2.38. The van der Waals surface area contributed by atoms with E-state index in [2.05, 4.69) is 0 Å². The van der Waals surface area contributed by atoms with Crippen molar-refractivity contribution in [3.8, 4) is 16.2 Å². The normalized spacial score (nSPS) is 12.0. The molecule has 0 saturated heterocycles. The number of carboxylic acids is 1. The zero-order chi connectivity index (χ0) is 23.0. The Kier molecular flexibility index (Phi) is 6.10. The van der Waals surface area contributed by atoms with Crippen LogP contribution in [0.3, 0.4) is 0 Å². The Morgan fingerprint density at radius 1 is 1.10 bits per heavy atom. The lowest BCUT2D eigenvalue weighted by molar-refractivity contribution is -0.137.